The Hall–Kier alpha value is -3.95. The molecule has 1 heterocycles. The first-order valence-electron chi connectivity index (χ1n) is 10.2. The van der Waals surface area contributed by atoms with E-state index >= 15 is 0 Å². The van der Waals surface area contributed by atoms with Crippen molar-refractivity contribution >= 4 is 21.7 Å². The van der Waals surface area contributed by atoms with Crippen LogP contribution in [0.2, 0.25) is 0 Å². The van der Waals surface area contributed by atoms with Gasteiger partial charge in [0.25, 0.3) is 0 Å². The fourth-order valence-electron chi connectivity index (χ4n) is 3.37. The molecule has 2 amide bonds. The summed E-state index contributed by atoms with van der Waals surface area (Å²) >= 11 is 0. The highest BCUT2D eigenvalue weighted by Gasteiger charge is 2.17. The monoisotopic (exact) mass is 461 g/mol. The maximum Gasteiger partial charge on any atom is 0.321 e. The summed E-state index contributed by atoms with van der Waals surface area (Å²) in [6.45, 7) is 0.289. The van der Waals surface area contributed by atoms with Crippen LogP contribution < -0.4 is 10.5 Å². The number of urea groups is 1. The molecule has 0 saturated carbocycles. The van der Waals surface area contributed by atoms with Crippen LogP contribution in [0.25, 0.3) is 16.9 Å². The molecule has 8 nitrogen and oxygen atoms in total. The summed E-state index contributed by atoms with van der Waals surface area (Å²) in [5, 5.41) is 12.7. The first kappa shape index (κ1) is 22.3. The van der Waals surface area contributed by atoms with Crippen molar-refractivity contribution in [2.24, 2.45) is 5.14 Å². The van der Waals surface area contributed by atoms with E-state index < -0.39 is 16.1 Å². The number of hydrogen-bond donors (Lipinski definition) is 2. The first-order valence-corrected chi connectivity index (χ1v) is 11.7. The molecule has 3 aromatic carbocycles. The van der Waals surface area contributed by atoms with Crippen LogP contribution in [0.4, 0.5) is 10.5 Å². The fourth-order valence-corrected chi connectivity index (χ4v) is 3.93. The van der Waals surface area contributed by atoms with Crippen molar-refractivity contribution in [2.45, 2.75) is 11.4 Å². The molecule has 0 aliphatic rings. The lowest BCUT2D eigenvalue weighted by Gasteiger charge is -2.18. The van der Waals surface area contributed by atoms with Crippen LogP contribution in [-0.2, 0) is 16.6 Å². The number of nitrogens with one attached hydrogen (secondary N) is 1. The summed E-state index contributed by atoms with van der Waals surface area (Å²) in [7, 11) is -2.21. The third-order valence-electron chi connectivity index (χ3n) is 5.03. The molecule has 0 fully saturated rings. The van der Waals surface area contributed by atoms with Crippen LogP contribution in [0.15, 0.2) is 96.0 Å². The lowest BCUT2D eigenvalue weighted by atomic mass is 10.1. The number of primary sulfonamides is 1. The zero-order valence-electron chi connectivity index (χ0n) is 17.9. The van der Waals surface area contributed by atoms with Crippen LogP contribution in [0.5, 0.6) is 0 Å². The van der Waals surface area contributed by atoms with Crippen molar-refractivity contribution in [3.8, 4) is 16.9 Å². The summed E-state index contributed by atoms with van der Waals surface area (Å²) in [5.41, 5.74) is 3.82. The van der Waals surface area contributed by atoms with Crippen LogP contribution in [0, 0.1) is 0 Å². The molecule has 4 rings (SSSR count). The Balaban J connectivity index is 1.59. The van der Waals surface area contributed by atoms with Crippen molar-refractivity contribution in [3.63, 3.8) is 0 Å². The minimum Gasteiger partial charge on any atom is -0.323 e. The van der Waals surface area contributed by atoms with Crippen LogP contribution >= 0.6 is 0 Å². The van der Waals surface area contributed by atoms with Gasteiger partial charge in [-0.1, -0.05) is 54.6 Å². The molecule has 0 spiro atoms. The average Bonchev–Trinajstić information content (AvgIpc) is 3.23. The predicted molar refractivity (Wildman–Crippen MR) is 127 cm³/mol. The Morgan fingerprint density at radius 1 is 1.00 bits per heavy atom. The average molecular weight is 462 g/mol. The third-order valence-corrected chi connectivity index (χ3v) is 5.94. The van der Waals surface area contributed by atoms with E-state index in [2.05, 4.69) is 5.32 Å². The van der Waals surface area contributed by atoms with Crippen molar-refractivity contribution in [1.82, 2.24) is 14.7 Å². The number of nitrogens with zero attached hydrogens (tertiary/aromatic N) is 3. The third kappa shape index (κ3) is 5.28. The van der Waals surface area contributed by atoms with Gasteiger partial charge in [0.05, 0.1) is 22.8 Å². The van der Waals surface area contributed by atoms with Crippen molar-refractivity contribution in [3.05, 3.63) is 96.7 Å². The number of carbonyl (C=O) groups is 1. The number of para-hydroxylation sites is 1. The number of aromatic nitrogens is 2. The van der Waals surface area contributed by atoms with E-state index in [9.17, 15) is 13.2 Å². The Morgan fingerprint density at radius 3 is 2.33 bits per heavy atom. The van der Waals surface area contributed by atoms with Crippen molar-refractivity contribution < 1.29 is 13.2 Å². The number of benzene rings is 3. The van der Waals surface area contributed by atoms with Gasteiger partial charge in [-0.25, -0.2) is 23.0 Å². The van der Waals surface area contributed by atoms with Gasteiger partial charge in [0.15, 0.2) is 0 Å². The summed E-state index contributed by atoms with van der Waals surface area (Å²) in [5.74, 6) is 0. The molecule has 0 aliphatic heterocycles. The molecule has 0 unspecified atom stereocenters. The molecule has 0 saturated heterocycles. The Bertz CT molecular complexity index is 1370. The van der Waals surface area contributed by atoms with Crippen molar-refractivity contribution in [1.29, 1.82) is 0 Å². The van der Waals surface area contributed by atoms with E-state index in [1.54, 1.807) is 17.8 Å². The molecule has 0 aliphatic carbocycles. The highest BCUT2D eigenvalue weighted by Crippen LogP contribution is 2.25. The number of rotatable bonds is 6. The standard InChI is InChI=1S/C24H23N5O3S/c1-28(24(30)26-20-11-8-14-22(15-20)33(25,31)32)16-19-17-29(21-12-6-3-7-13-21)27-23(19)18-9-4-2-5-10-18/h2-15,17H,16H2,1H3,(H,26,30)(H2,25,31,32). The van der Waals surface area contributed by atoms with Crippen LogP contribution in [-0.4, -0.2) is 36.2 Å². The molecule has 4 aromatic rings. The van der Waals surface area contributed by atoms with E-state index in [1.165, 1.54) is 23.1 Å². The minimum atomic E-state index is -3.87. The number of sulfonamides is 1. The normalized spacial score (nSPS) is 11.2. The first-order chi connectivity index (χ1) is 15.8. The molecule has 1 aromatic heterocycles. The minimum absolute atomic E-state index is 0.0709. The molecule has 33 heavy (non-hydrogen) atoms. The highest BCUT2D eigenvalue weighted by atomic mass is 32.2. The molecule has 0 bridgehead atoms. The molecule has 0 radical (unpaired) electrons. The lowest BCUT2D eigenvalue weighted by molar-refractivity contribution is 0.221. The van der Waals surface area contributed by atoms with Gasteiger partial charge in [-0.2, -0.15) is 5.10 Å². The fraction of sp³-hybridized carbons (Fsp3) is 0.0833. The predicted octanol–water partition coefficient (Wildman–Crippen LogP) is 3.85. The number of nitrogens with two attached hydrogens (primary N) is 1. The quantitative estimate of drug-likeness (QED) is 0.454. The maximum atomic E-state index is 12.8. The molecule has 168 valence electrons. The number of hydrogen-bond acceptors (Lipinski definition) is 4. The zero-order valence-corrected chi connectivity index (χ0v) is 18.7. The number of anilines is 1. The second-order valence-electron chi connectivity index (χ2n) is 7.51. The van der Waals surface area contributed by atoms with E-state index in [-0.39, 0.29) is 11.4 Å². The van der Waals surface area contributed by atoms with E-state index in [0.29, 0.717) is 5.69 Å². The Kier molecular flexibility index (Phi) is 6.25. The van der Waals surface area contributed by atoms with Gasteiger partial charge in [-0.15, -0.1) is 0 Å². The van der Waals surface area contributed by atoms with E-state index in [0.717, 1.165) is 22.5 Å². The maximum absolute atomic E-state index is 12.8. The van der Waals surface area contributed by atoms with Crippen LogP contribution in [0.1, 0.15) is 5.56 Å². The SMILES string of the molecule is CN(Cc1cn(-c2ccccc2)nc1-c1ccccc1)C(=O)Nc1cccc(S(N)(=O)=O)c1. The van der Waals surface area contributed by atoms with Gasteiger partial charge >= 0.3 is 6.03 Å². The zero-order chi connectivity index (χ0) is 23.4. The topological polar surface area (TPSA) is 110 Å². The second kappa shape index (κ2) is 9.27. The van der Waals surface area contributed by atoms with Gasteiger partial charge in [0.2, 0.25) is 10.0 Å². The molecular formula is C24H23N5O3S. The Morgan fingerprint density at radius 2 is 1.67 bits per heavy atom. The largest absolute Gasteiger partial charge is 0.323 e. The van der Waals surface area contributed by atoms with Crippen molar-refractivity contribution in [2.75, 3.05) is 12.4 Å². The summed E-state index contributed by atoms with van der Waals surface area (Å²) in [6.07, 6.45) is 1.91. The molecule has 0 atom stereocenters. The van der Waals surface area contributed by atoms with Gasteiger partial charge in [0.1, 0.15) is 0 Å². The van der Waals surface area contributed by atoms with Gasteiger partial charge in [0, 0.05) is 30.1 Å². The summed E-state index contributed by atoms with van der Waals surface area (Å²) in [4.78, 5) is 14.2. The number of carbonyl (C=O) groups excluding carboxylic acids is 1. The molecule has 9 heteroatoms. The molecule has 3 N–H and O–H groups in total. The summed E-state index contributed by atoms with van der Waals surface area (Å²) < 4.78 is 25.0. The Labute approximate surface area is 192 Å². The summed E-state index contributed by atoms with van der Waals surface area (Å²) in [6, 6.07) is 24.9. The highest BCUT2D eigenvalue weighted by molar-refractivity contribution is 7.89. The van der Waals surface area contributed by atoms with Gasteiger partial charge in [-0.05, 0) is 30.3 Å². The second-order valence-corrected chi connectivity index (χ2v) is 9.07. The van der Waals surface area contributed by atoms with Gasteiger partial charge in [-0.3, -0.25) is 0 Å². The smallest absolute Gasteiger partial charge is 0.321 e. The van der Waals surface area contributed by atoms with Gasteiger partial charge < -0.3 is 10.2 Å². The number of amides is 2. The van der Waals surface area contributed by atoms with E-state index in [1.807, 2.05) is 66.9 Å². The van der Waals surface area contributed by atoms with Crippen LogP contribution in [0.3, 0.4) is 0 Å². The molecular weight excluding hydrogens is 438 g/mol. The lowest BCUT2D eigenvalue weighted by Crippen LogP contribution is -2.31. The van der Waals surface area contributed by atoms with E-state index in [4.69, 9.17) is 10.2 Å².